The number of methoxy groups -OCH3 is 1. The molecular formula is C15H27NO. The van der Waals surface area contributed by atoms with Crippen LogP contribution in [-0.4, -0.2) is 25.3 Å². The van der Waals surface area contributed by atoms with Crippen LogP contribution in [0.25, 0.3) is 0 Å². The maximum atomic E-state index is 5.46. The number of hydrogen-bond donors (Lipinski definition) is 1. The summed E-state index contributed by atoms with van der Waals surface area (Å²) >= 11 is 0. The first kappa shape index (κ1) is 12.0. The van der Waals surface area contributed by atoms with E-state index in [9.17, 15) is 0 Å². The summed E-state index contributed by atoms with van der Waals surface area (Å²) in [6, 6.07) is 1.55. The molecule has 4 unspecified atom stereocenters. The third kappa shape index (κ3) is 3.03. The van der Waals surface area contributed by atoms with Crippen LogP contribution in [-0.2, 0) is 4.74 Å². The van der Waals surface area contributed by atoms with Gasteiger partial charge in [-0.1, -0.05) is 12.8 Å². The molecule has 0 saturated heterocycles. The Hall–Kier alpha value is -0.0800. The van der Waals surface area contributed by atoms with Crippen LogP contribution in [0, 0.1) is 11.8 Å². The molecule has 3 fully saturated rings. The lowest BCUT2D eigenvalue weighted by molar-refractivity contribution is 0.106. The van der Waals surface area contributed by atoms with Gasteiger partial charge in [0.25, 0.3) is 0 Å². The van der Waals surface area contributed by atoms with Crippen molar-refractivity contribution >= 4 is 0 Å². The highest BCUT2D eigenvalue weighted by Crippen LogP contribution is 2.44. The SMILES string of the molecule is COC1CCC(NC2CCCC(C3CC3)C2)C1. The van der Waals surface area contributed by atoms with Gasteiger partial charge in [-0.15, -0.1) is 0 Å². The number of nitrogens with one attached hydrogen (secondary N) is 1. The van der Waals surface area contributed by atoms with Crippen LogP contribution in [0.1, 0.15) is 57.8 Å². The monoisotopic (exact) mass is 237 g/mol. The molecule has 0 aromatic carbocycles. The quantitative estimate of drug-likeness (QED) is 0.811. The second kappa shape index (κ2) is 5.27. The van der Waals surface area contributed by atoms with Crippen LogP contribution >= 0.6 is 0 Å². The molecule has 0 radical (unpaired) electrons. The predicted molar refractivity (Wildman–Crippen MR) is 70.0 cm³/mol. The van der Waals surface area contributed by atoms with E-state index in [0.717, 1.165) is 23.9 Å². The number of rotatable bonds is 4. The molecule has 17 heavy (non-hydrogen) atoms. The highest BCUT2D eigenvalue weighted by molar-refractivity contribution is 4.90. The summed E-state index contributed by atoms with van der Waals surface area (Å²) in [5.41, 5.74) is 0. The summed E-state index contributed by atoms with van der Waals surface area (Å²) in [6.07, 6.45) is 13.2. The van der Waals surface area contributed by atoms with E-state index < -0.39 is 0 Å². The maximum Gasteiger partial charge on any atom is 0.0586 e. The fraction of sp³-hybridized carbons (Fsp3) is 1.00. The van der Waals surface area contributed by atoms with E-state index >= 15 is 0 Å². The van der Waals surface area contributed by atoms with Crippen LogP contribution < -0.4 is 5.32 Å². The first-order chi connectivity index (χ1) is 8.35. The predicted octanol–water partition coefficient (Wildman–Crippen LogP) is 3.11. The summed E-state index contributed by atoms with van der Waals surface area (Å²) in [7, 11) is 1.86. The highest BCUT2D eigenvalue weighted by Gasteiger charge is 2.35. The van der Waals surface area contributed by atoms with Gasteiger partial charge < -0.3 is 10.1 Å². The fourth-order valence-electron chi connectivity index (χ4n) is 4.01. The Balaban J connectivity index is 1.44. The molecule has 0 amide bonds. The second-order valence-corrected chi connectivity index (χ2v) is 6.50. The average Bonchev–Trinajstić information content (AvgIpc) is 3.11. The van der Waals surface area contributed by atoms with Gasteiger partial charge in [-0.3, -0.25) is 0 Å². The Morgan fingerprint density at radius 2 is 1.65 bits per heavy atom. The molecule has 0 heterocycles. The Labute approximate surface area is 105 Å². The van der Waals surface area contributed by atoms with Gasteiger partial charge in [0.2, 0.25) is 0 Å². The van der Waals surface area contributed by atoms with Crippen LogP contribution in [0.4, 0.5) is 0 Å². The molecule has 0 aromatic rings. The van der Waals surface area contributed by atoms with Crippen LogP contribution in [0.2, 0.25) is 0 Å². The van der Waals surface area contributed by atoms with Crippen molar-refractivity contribution in [2.75, 3.05) is 7.11 Å². The van der Waals surface area contributed by atoms with Crippen molar-refractivity contribution in [3.63, 3.8) is 0 Å². The minimum absolute atomic E-state index is 0.523. The largest absolute Gasteiger partial charge is 0.381 e. The zero-order chi connectivity index (χ0) is 11.7. The van der Waals surface area contributed by atoms with E-state index in [2.05, 4.69) is 5.32 Å². The molecule has 0 aromatic heterocycles. The third-order valence-corrected chi connectivity index (χ3v) is 5.19. The van der Waals surface area contributed by atoms with E-state index in [1.54, 1.807) is 0 Å². The van der Waals surface area contributed by atoms with E-state index in [-0.39, 0.29) is 0 Å². The first-order valence-electron chi connectivity index (χ1n) is 7.64. The smallest absolute Gasteiger partial charge is 0.0586 e. The average molecular weight is 237 g/mol. The summed E-state index contributed by atoms with van der Waals surface area (Å²) in [4.78, 5) is 0. The lowest BCUT2D eigenvalue weighted by Gasteiger charge is -2.32. The van der Waals surface area contributed by atoms with Crippen molar-refractivity contribution in [1.82, 2.24) is 5.32 Å². The van der Waals surface area contributed by atoms with Crippen molar-refractivity contribution in [3.8, 4) is 0 Å². The normalized spacial score (nSPS) is 42.9. The zero-order valence-corrected chi connectivity index (χ0v) is 11.2. The summed E-state index contributed by atoms with van der Waals surface area (Å²) in [5, 5.41) is 3.91. The van der Waals surface area contributed by atoms with Gasteiger partial charge >= 0.3 is 0 Å². The molecule has 2 nitrogen and oxygen atoms in total. The van der Waals surface area contributed by atoms with Crippen LogP contribution in [0.5, 0.6) is 0 Å². The van der Waals surface area contributed by atoms with Gasteiger partial charge in [0.05, 0.1) is 6.10 Å². The summed E-state index contributed by atoms with van der Waals surface area (Å²) in [5.74, 6) is 2.16. The van der Waals surface area contributed by atoms with Crippen molar-refractivity contribution in [2.45, 2.75) is 76.0 Å². The molecule has 0 spiro atoms. The molecule has 3 aliphatic rings. The number of hydrogen-bond acceptors (Lipinski definition) is 2. The fourth-order valence-corrected chi connectivity index (χ4v) is 4.01. The van der Waals surface area contributed by atoms with Crippen molar-refractivity contribution < 1.29 is 4.74 Å². The highest BCUT2D eigenvalue weighted by atomic mass is 16.5. The van der Waals surface area contributed by atoms with Gasteiger partial charge in [0.15, 0.2) is 0 Å². The van der Waals surface area contributed by atoms with Gasteiger partial charge in [-0.05, 0) is 56.8 Å². The minimum Gasteiger partial charge on any atom is -0.381 e. The molecule has 0 bridgehead atoms. The van der Waals surface area contributed by atoms with Crippen molar-refractivity contribution in [2.24, 2.45) is 11.8 Å². The van der Waals surface area contributed by atoms with E-state index in [4.69, 9.17) is 4.74 Å². The molecular weight excluding hydrogens is 210 g/mol. The molecule has 2 heteroatoms. The Bertz CT molecular complexity index is 251. The van der Waals surface area contributed by atoms with Gasteiger partial charge in [0.1, 0.15) is 0 Å². The summed E-state index contributed by atoms with van der Waals surface area (Å²) < 4.78 is 5.46. The second-order valence-electron chi connectivity index (χ2n) is 6.50. The molecule has 3 rings (SSSR count). The molecule has 3 saturated carbocycles. The van der Waals surface area contributed by atoms with Gasteiger partial charge in [-0.2, -0.15) is 0 Å². The standard InChI is InChI=1S/C15H27NO/c1-17-15-8-7-14(10-15)16-13-4-2-3-12(9-13)11-5-6-11/h11-16H,2-10H2,1H3. The van der Waals surface area contributed by atoms with Crippen molar-refractivity contribution in [3.05, 3.63) is 0 Å². The van der Waals surface area contributed by atoms with Gasteiger partial charge in [0, 0.05) is 19.2 Å². The minimum atomic E-state index is 0.523. The molecule has 1 N–H and O–H groups in total. The third-order valence-electron chi connectivity index (χ3n) is 5.19. The van der Waals surface area contributed by atoms with E-state index in [1.807, 2.05) is 7.11 Å². The molecule has 98 valence electrons. The lowest BCUT2D eigenvalue weighted by atomic mass is 9.82. The molecule has 0 aliphatic heterocycles. The van der Waals surface area contributed by atoms with Crippen molar-refractivity contribution in [1.29, 1.82) is 0 Å². The Morgan fingerprint density at radius 3 is 2.35 bits per heavy atom. The zero-order valence-electron chi connectivity index (χ0n) is 11.2. The summed E-state index contributed by atoms with van der Waals surface area (Å²) in [6.45, 7) is 0. The first-order valence-corrected chi connectivity index (χ1v) is 7.64. The molecule has 3 aliphatic carbocycles. The van der Waals surface area contributed by atoms with E-state index in [1.165, 1.54) is 57.8 Å². The van der Waals surface area contributed by atoms with Gasteiger partial charge in [-0.25, -0.2) is 0 Å². The van der Waals surface area contributed by atoms with Crippen LogP contribution in [0.15, 0.2) is 0 Å². The molecule has 4 atom stereocenters. The Morgan fingerprint density at radius 1 is 0.824 bits per heavy atom. The Kier molecular flexibility index (Phi) is 3.72. The van der Waals surface area contributed by atoms with Crippen LogP contribution in [0.3, 0.4) is 0 Å². The maximum absolute atomic E-state index is 5.46. The van der Waals surface area contributed by atoms with E-state index in [0.29, 0.717) is 6.10 Å². The lowest BCUT2D eigenvalue weighted by Crippen LogP contribution is -2.40. The number of ether oxygens (including phenoxy) is 1. The topological polar surface area (TPSA) is 21.3 Å².